The van der Waals surface area contributed by atoms with Crippen LogP contribution in [-0.2, 0) is 19.5 Å². The second-order valence-corrected chi connectivity index (χ2v) is 7.99. The van der Waals surface area contributed by atoms with Crippen molar-refractivity contribution in [3.63, 3.8) is 0 Å². The summed E-state index contributed by atoms with van der Waals surface area (Å²) in [7, 11) is 0. The Morgan fingerprint density at radius 1 is 1.27 bits per heavy atom. The van der Waals surface area contributed by atoms with Gasteiger partial charge in [-0.3, -0.25) is 4.90 Å². The zero-order chi connectivity index (χ0) is 17.5. The highest BCUT2D eigenvalue weighted by atomic mass is 35.5. The van der Waals surface area contributed by atoms with Crippen molar-refractivity contribution < 1.29 is 0 Å². The summed E-state index contributed by atoms with van der Waals surface area (Å²) in [5.41, 5.74) is 4.82. The number of aromatic nitrogens is 3. The standard InChI is InChI=1S/C20H17ClN4S/c21-15-3-4-17-16(8-15)14(10-22-17)11-25-6-5-13-9-23-20(24-18(13)12-25)19-2-1-7-26-19/h1-4,7-10,22H,5-6,11-12H2. The van der Waals surface area contributed by atoms with Gasteiger partial charge in [0, 0.05) is 48.0 Å². The van der Waals surface area contributed by atoms with Crippen LogP contribution in [0.4, 0.5) is 0 Å². The number of nitrogens with zero attached hydrogens (tertiary/aromatic N) is 3. The van der Waals surface area contributed by atoms with Gasteiger partial charge in [0.1, 0.15) is 0 Å². The third kappa shape index (κ3) is 2.92. The van der Waals surface area contributed by atoms with Crippen LogP contribution in [0, 0.1) is 0 Å². The Morgan fingerprint density at radius 3 is 3.12 bits per heavy atom. The Labute approximate surface area is 160 Å². The number of halogens is 1. The van der Waals surface area contributed by atoms with E-state index in [1.807, 2.05) is 30.5 Å². The molecule has 0 saturated heterocycles. The van der Waals surface area contributed by atoms with Crippen LogP contribution in [0.5, 0.6) is 0 Å². The Hall–Kier alpha value is -2.21. The van der Waals surface area contributed by atoms with E-state index in [0.717, 1.165) is 53.0 Å². The molecule has 26 heavy (non-hydrogen) atoms. The highest BCUT2D eigenvalue weighted by Gasteiger charge is 2.20. The van der Waals surface area contributed by atoms with Gasteiger partial charge < -0.3 is 4.98 Å². The molecule has 0 saturated carbocycles. The molecule has 1 aliphatic heterocycles. The average molecular weight is 381 g/mol. The zero-order valence-electron chi connectivity index (χ0n) is 14.1. The van der Waals surface area contributed by atoms with Gasteiger partial charge in [0.05, 0.1) is 10.6 Å². The minimum absolute atomic E-state index is 0.774. The summed E-state index contributed by atoms with van der Waals surface area (Å²) in [6.07, 6.45) is 5.08. The highest BCUT2D eigenvalue weighted by molar-refractivity contribution is 7.13. The number of nitrogens with one attached hydrogen (secondary N) is 1. The third-order valence-corrected chi connectivity index (χ3v) is 5.99. The Kier molecular flexibility index (Phi) is 4.00. The van der Waals surface area contributed by atoms with Crippen molar-refractivity contribution in [1.82, 2.24) is 19.9 Å². The number of thiophene rings is 1. The second-order valence-electron chi connectivity index (χ2n) is 6.61. The first-order chi connectivity index (χ1) is 12.8. The summed E-state index contributed by atoms with van der Waals surface area (Å²) < 4.78 is 0. The molecular formula is C20H17ClN4S. The van der Waals surface area contributed by atoms with Gasteiger partial charge in [-0.05, 0) is 47.2 Å². The van der Waals surface area contributed by atoms with Crippen molar-refractivity contribution >= 4 is 33.8 Å². The molecule has 0 aliphatic carbocycles. The summed E-state index contributed by atoms with van der Waals surface area (Å²) in [4.78, 5) is 16.3. The summed E-state index contributed by atoms with van der Waals surface area (Å²) in [5, 5.41) is 4.04. The van der Waals surface area contributed by atoms with Gasteiger partial charge in [-0.2, -0.15) is 0 Å². The normalized spacial score (nSPS) is 14.7. The van der Waals surface area contributed by atoms with Gasteiger partial charge in [-0.25, -0.2) is 9.97 Å². The number of hydrogen-bond donors (Lipinski definition) is 1. The average Bonchev–Trinajstić information content (AvgIpc) is 3.32. The molecule has 0 fully saturated rings. The van der Waals surface area contributed by atoms with E-state index in [2.05, 4.69) is 32.5 Å². The maximum atomic E-state index is 6.18. The summed E-state index contributed by atoms with van der Waals surface area (Å²) in [6.45, 7) is 2.75. The molecule has 1 aliphatic rings. The fourth-order valence-electron chi connectivity index (χ4n) is 3.54. The van der Waals surface area contributed by atoms with Crippen LogP contribution < -0.4 is 0 Å². The predicted octanol–water partition coefficient (Wildman–Crippen LogP) is 4.90. The summed E-state index contributed by atoms with van der Waals surface area (Å²) >= 11 is 7.86. The van der Waals surface area contributed by atoms with Crippen LogP contribution >= 0.6 is 22.9 Å². The smallest absolute Gasteiger partial charge is 0.169 e. The van der Waals surface area contributed by atoms with Gasteiger partial charge in [-0.1, -0.05) is 17.7 Å². The van der Waals surface area contributed by atoms with Gasteiger partial charge in [-0.15, -0.1) is 11.3 Å². The van der Waals surface area contributed by atoms with Gasteiger partial charge in [0.25, 0.3) is 0 Å². The lowest BCUT2D eigenvalue weighted by molar-refractivity contribution is 0.242. The van der Waals surface area contributed by atoms with E-state index in [1.54, 1.807) is 11.3 Å². The lowest BCUT2D eigenvalue weighted by Gasteiger charge is -2.27. The number of benzene rings is 1. The molecule has 4 heterocycles. The lowest BCUT2D eigenvalue weighted by Crippen LogP contribution is -2.31. The quantitative estimate of drug-likeness (QED) is 0.550. The van der Waals surface area contributed by atoms with E-state index in [-0.39, 0.29) is 0 Å². The number of aromatic amines is 1. The number of fused-ring (bicyclic) bond motifs is 2. The van der Waals surface area contributed by atoms with E-state index in [1.165, 1.54) is 16.5 Å². The molecule has 6 heteroatoms. The van der Waals surface area contributed by atoms with Crippen molar-refractivity contribution in [3.8, 4) is 10.7 Å². The molecule has 1 N–H and O–H groups in total. The SMILES string of the molecule is Clc1ccc2[nH]cc(CN3CCc4cnc(-c5cccs5)nc4C3)c2c1. The maximum Gasteiger partial charge on any atom is 0.169 e. The number of hydrogen-bond acceptors (Lipinski definition) is 4. The second kappa shape index (κ2) is 6.50. The Balaban J connectivity index is 1.41. The van der Waals surface area contributed by atoms with E-state index in [4.69, 9.17) is 16.6 Å². The number of H-pyrrole nitrogens is 1. The fourth-order valence-corrected chi connectivity index (χ4v) is 4.38. The molecule has 4 nitrogen and oxygen atoms in total. The van der Waals surface area contributed by atoms with E-state index in [0.29, 0.717) is 0 Å². The first-order valence-corrected chi connectivity index (χ1v) is 9.88. The molecule has 130 valence electrons. The molecule has 0 radical (unpaired) electrons. The monoisotopic (exact) mass is 380 g/mol. The molecule has 0 unspecified atom stereocenters. The van der Waals surface area contributed by atoms with Crippen molar-refractivity contribution in [2.75, 3.05) is 6.54 Å². The van der Waals surface area contributed by atoms with Gasteiger partial charge in [0.15, 0.2) is 5.82 Å². The molecule has 1 aromatic carbocycles. The molecule has 5 rings (SSSR count). The molecule has 0 amide bonds. The van der Waals surface area contributed by atoms with Gasteiger partial charge in [0.2, 0.25) is 0 Å². The maximum absolute atomic E-state index is 6.18. The lowest BCUT2D eigenvalue weighted by atomic mass is 10.1. The summed E-state index contributed by atoms with van der Waals surface area (Å²) in [6, 6.07) is 10.1. The minimum atomic E-state index is 0.774. The third-order valence-electron chi connectivity index (χ3n) is 4.89. The molecule has 0 spiro atoms. The van der Waals surface area contributed by atoms with Crippen molar-refractivity contribution in [2.24, 2.45) is 0 Å². The van der Waals surface area contributed by atoms with Crippen LogP contribution in [0.2, 0.25) is 5.02 Å². The van der Waals surface area contributed by atoms with Crippen molar-refractivity contribution in [2.45, 2.75) is 19.5 Å². The first kappa shape index (κ1) is 16.0. The summed E-state index contributed by atoms with van der Waals surface area (Å²) in [5.74, 6) is 0.833. The highest BCUT2D eigenvalue weighted by Crippen LogP contribution is 2.27. The van der Waals surface area contributed by atoms with Crippen molar-refractivity contribution in [3.05, 3.63) is 69.9 Å². The fraction of sp³-hybridized carbons (Fsp3) is 0.200. The molecule has 0 bridgehead atoms. The first-order valence-electron chi connectivity index (χ1n) is 8.63. The minimum Gasteiger partial charge on any atom is -0.361 e. The molecule has 3 aromatic heterocycles. The van der Waals surface area contributed by atoms with Crippen LogP contribution in [0.15, 0.2) is 48.1 Å². The van der Waals surface area contributed by atoms with Crippen molar-refractivity contribution in [1.29, 1.82) is 0 Å². The topological polar surface area (TPSA) is 44.8 Å². The zero-order valence-corrected chi connectivity index (χ0v) is 15.6. The largest absolute Gasteiger partial charge is 0.361 e. The van der Waals surface area contributed by atoms with Crippen LogP contribution in [0.3, 0.4) is 0 Å². The number of rotatable bonds is 3. The van der Waals surface area contributed by atoms with Crippen LogP contribution in [0.25, 0.3) is 21.6 Å². The Bertz CT molecular complexity index is 1070. The van der Waals surface area contributed by atoms with Crippen LogP contribution in [0.1, 0.15) is 16.8 Å². The van der Waals surface area contributed by atoms with E-state index < -0.39 is 0 Å². The predicted molar refractivity (Wildman–Crippen MR) is 106 cm³/mol. The molecular weight excluding hydrogens is 364 g/mol. The molecule has 4 aromatic rings. The molecule has 0 atom stereocenters. The van der Waals surface area contributed by atoms with E-state index in [9.17, 15) is 0 Å². The van der Waals surface area contributed by atoms with E-state index >= 15 is 0 Å². The van der Waals surface area contributed by atoms with Gasteiger partial charge >= 0.3 is 0 Å². The van der Waals surface area contributed by atoms with Crippen LogP contribution in [-0.4, -0.2) is 26.4 Å². The Morgan fingerprint density at radius 2 is 2.23 bits per heavy atom.